The van der Waals surface area contributed by atoms with Crippen LogP contribution in [0, 0.1) is 5.92 Å². The third-order valence-electron chi connectivity index (χ3n) is 3.39. The van der Waals surface area contributed by atoms with Gasteiger partial charge in [-0.1, -0.05) is 0 Å². The molecule has 1 aliphatic rings. The highest BCUT2D eigenvalue weighted by atomic mass is 16.5. The molecule has 1 saturated heterocycles. The third-order valence-corrected chi connectivity index (χ3v) is 3.39. The summed E-state index contributed by atoms with van der Waals surface area (Å²) in [4.78, 5) is 12.9. The Morgan fingerprint density at radius 1 is 1.50 bits per heavy atom. The Morgan fingerprint density at radius 2 is 2.12 bits per heavy atom. The summed E-state index contributed by atoms with van der Waals surface area (Å²) in [6.07, 6.45) is 3.70. The second-order valence-corrected chi connectivity index (χ2v) is 4.72. The average molecular weight is 229 g/mol. The van der Waals surface area contributed by atoms with E-state index in [-0.39, 0.29) is 6.10 Å². The van der Waals surface area contributed by atoms with E-state index in [0.717, 1.165) is 38.9 Å². The molecule has 1 N–H and O–H groups in total. The Bertz CT molecular complexity index is 212. The highest BCUT2D eigenvalue weighted by Crippen LogP contribution is 2.21. The minimum Gasteiger partial charge on any atom is -0.481 e. The number of hydrogen-bond donors (Lipinski definition) is 1. The van der Waals surface area contributed by atoms with Gasteiger partial charge in [0.25, 0.3) is 0 Å². The van der Waals surface area contributed by atoms with Gasteiger partial charge < -0.3 is 14.7 Å². The molecule has 1 fully saturated rings. The van der Waals surface area contributed by atoms with Crippen molar-refractivity contribution < 1.29 is 14.6 Å². The molecule has 0 bridgehead atoms. The Balaban J connectivity index is 2.15. The number of likely N-dealkylation sites (tertiary alicyclic amines) is 1. The number of hydrogen-bond acceptors (Lipinski definition) is 3. The Hall–Kier alpha value is -0.610. The molecule has 0 aliphatic carbocycles. The number of rotatable bonds is 6. The van der Waals surface area contributed by atoms with Crippen LogP contribution in [0.4, 0.5) is 0 Å². The predicted octanol–water partition coefficient (Wildman–Crippen LogP) is 1.60. The zero-order chi connectivity index (χ0) is 12.0. The van der Waals surface area contributed by atoms with Crippen molar-refractivity contribution in [2.45, 2.75) is 38.7 Å². The maximum Gasteiger partial charge on any atom is 0.303 e. The van der Waals surface area contributed by atoms with Gasteiger partial charge in [0, 0.05) is 20.1 Å². The lowest BCUT2D eigenvalue weighted by atomic mass is 9.92. The van der Waals surface area contributed by atoms with Crippen molar-refractivity contribution in [2.75, 3.05) is 26.7 Å². The number of nitrogens with zero attached hydrogens (tertiary/aromatic N) is 1. The van der Waals surface area contributed by atoms with Gasteiger partial charge in [-0.2, -0.15) is 0 Å². The van der Waals surface area contributed by atoms with E-state index in [1.807, 2.05) is 0 Å². The van der Waals surface area contributed by atoms with Crippen LogP contribution in [0.15, 0.2) is 0 Å². The molecule has 1 unspecified atom stereocenters. The van der Waals surface area contributed by atoms with Gasteiger partial charge in [-0.25, -0.2) is 0 Å². The SMILES string of the molecule is COC(C)CN1CCC(CCC(=O)O)CC1. The summed E-state index contributed by atoms with van der Waals surface area (Å²) in [6, 6.07) is 0. The summed E-state index contributed by atoms with van der Waals surface area (Å²) in [5.74, 6) is -0.0689. The van der Waals surface area contributed by atoms with Crippen LogP contribution in [0.2, 0.25) is 0 Å². The minimum absolute atomic E-state index is 0.288. The molecule has 0 saturated carbocycles. The van der Waals surface area contributed by atoms with Crippen LogP contribution in [0.25, 0.3) is 0 Å². The summed E-state index contributed by atoms with van der Waals surface area (Å²) >= 11 is 0. The van der Waals surface area contributed by atoms with Crippen LogP contribution in [0.3, 0.4) is 0 Å². The zero-order valence-electron chi connectivity index (χ0n) is 10.3. The normalized spacial score (nSPS) is 20.9. The number of aliphatic carboxylic acids is 1. The van der Waals surface area contributed by atoms with Gasteiger partial charge >= 0.3 is 5.97 Å². The number of methoxy groups -OCH3 is 1. The summed E-state index contributed by atoms with van der Waals surface area (Å²) < 4.78 is 5.24. The first kappa shape index (κ1) is 13.5. The summed E-state index contributed by atoms with van der Waals surface area (Å²) in [6.45, 7) is 5.23. The highest BCUT2D eigenvalue weighted by Gasteiger charge is 2.20. The lowest BCUT2D eigenvalue weighted by Gasteiger charge is -2.33. The van der Waals surface area contributed by atoms with Gasteiger partial charge in [-0.15, -0.1) is 0 Å². The first-order valence-corrected chi connectivity index (χ1v) is 6.08. The van der Waals surface area contributed by atoms with Crippen LogP contribution in [-0.2, 0) is 9.53 Å². The number of carboxylic acid groups (broad SMARTS) is 1. The molecule has 0 aromatic carbocycles. The minimum atomic E-state index is -0.671. The van der Waals surface area contributed by atoms with Crippen molar-refractivity contribution in [3.05, 3.63) is 0 Å². The first-order valence-electron chi connectivity index (χ1n) is 6.08. The quantitative estimate of drug-likeness (QED) is 0.751. The summed E-state index contributed by atoms with van der Waals surface area (Å²) in [5, 5.41) is 8.62. The van der Waals surface area contributed by atoms with Crippen molar-refractivity contribution >= 4 is 5.97 Å². The largest absolute Gasteiger partial charge is 0.481 e. The van der Waals surface area contributed by atoms with Gasteiger partial charge in [-0.05, 0) is 45.2 Å². The van der Waals surface area contributed by atoms with Gasteiger partial charge in [0.2, 0.25) is 0 Å². The van der Waals surface area contributed by atoms with E-state index in [9.17, 15) is 4.79 Å². The fraction of sp³-hybridized carbons (Fsp3) is 0.917. The van der Waals surface area contributed by atoms with Crippen molar-refractivity contribution in [2.24, 2.45) is 5.92 Å². The molecule has 0 aromatic heterocycles. The van der Waals surface area contributed by atoms with Crippen molar-refractivity contribution in [1.82, 2.24) is 4.90 Å². The fourth-order valence-electron chi connectivity index (χ4n) is 2.22. The van der Waals surface area contributed by atoms with Gasteiger partial charge in [0.15, 0.2) is 0 Å². The Labute approximate surface area is 97.6 Å². The number of carbonyl (C=O) groups is 1. The molecule has 0 aromatic rings. The second kappa shape index (κ2) is 6.86. The zero-order valence-corrected chi connectivity index (χ0v) is 10.3. The molecular formula is C12H23NO3. The van der Waals surface area contributed by atoms with E-state index < -0.39 is 5.97 Å². The molecule has 4 nitrogen and oxygen atoms in total. The Kier molecular flexibility index (Phi) is 5.77. The standard InChI is InChI=1S/C12H23NO3/c1-10(16-2)9-13-7-5-11(6-8-13)3-4-12(14)15/h10-11H,3-9H2,1-2H3,(H,14,15). The molecule has 1 aliphatic heterocycles. The molecule has 4 heteroatoms. The Morgan fingerprint density at radius 3 is 2.62 bits per heavy atom. The molecule has 0 amide bonds. The van der Waals surface area contributed by atoms with Gasteiger partial charge in [0.1, 0.15) is 0 Å². The fourth-order valence-corrected chi connectivity index (χ4v) is 2.22. The topological polar surface area (TPSA) is 49.8 Å². The molecule has 1 heterocycles. The lowest BCUT2D eigenvalue weighted by molar-refractivity contribution is -0.137. The van der Waals surface area contributed by atoms with Crippen LogP contribution in [0.5, 0.6) is 0 Å². The van der Waals surface area contributed by atoms with E-state index in [2.05, 4.69) is 11.8 Å². The molecule has 16 heavy (non-hydrogen) atoms. The van der Waals surface area contributed by atoms with E-state index in [1.165, 1.54) is 0 Å². The maximum atomic E-state index is 10.5. The van der Waals surface area contributed by atoms with Crippen LogP contribution in [-0.4, -0.2) is 48.8 Å². The molecular weight excluding hydrogens is 206 g/mol. The number of carboxylic acids is 1. The molecule has 1 rings (SSSR count). The summed E-state index contributed by atoms with van der Waals surface area (Å²) in [5.41, 5.74) is 0. The van der Waals surface area contributed by atoms with Crippen molar-refractivity contribution in [3.63, 3.8) is 0 Å². The average Bonchev–Trinajstić information content (AvgIpc) is 2.28. The van der Waals surface area contributed by atoms with Crippen LogP contribution < -0.4 is 0 Å². The maximum absolute atomic E-state index is 10.5. The first-order chi connectivity index (χ1) is 7.61. The van der Waals surface area contributed by atoms with Crippen molar-refractivity contribution in [1.29, 1.82) is 0 Å². The van der Waals surface area contributed by atoms with Gasteiger partial charge in [0.05, 0.1) is 6.10 Å². The van der Waals surface area contributed by atoms with E-state index >= 15 is 0 Å². The highest BCUT2D eigenvalue weighted by molar-refractivity contribution is 5.66. The van der Waals surface area contributed by atoms with E-state index in [1.54, 1.807) is 7.11 Å². The van der Waals surface area contributed by atoms with Gasteiger partial charge in [-0.3, -0.25) is 4.79 Å². The second-order valence-electron chi connectivity index (χ2n) is 4.72. The molecule has 0 spiro atoms. The predicted molar refractivity (Wildman–Crippen MR) is 62.5 cm³/mol. The van der Waals surface area contributed by atoms with Crippen LogP contribution in [0.1, 0.15) is 32.6 Å². The van der Waals surface area contributed by atoms with E-state index in [4.69, 9.17) is 9.84 Å². The number of piperidine rings is 1. The van der Waals surface area contributed by atoms with Crippen molar-refractivity contribution in [3.8, 4) is 0 Å². The lowest BCUT2D eigenvalue weighted by Crippen LogP contribution is -2.38. The number of ether oxygens (including phenoxy) is 1. The smallest absolute Gasteiger partial charge is 0.303 e. The molecule has 1 atom stereocenters. The third kappa shape index (κ3) is 4.94. The summed E-state index contributed by atoms with van der Waals surface area (Å²) in [7, 11) is 1.74. The van der Waals surface area contributed by atoms with Crippen LogP contribution >= 0.6 is 0 Å². The monoisotopic (exact) mass is 229 g/mol. The molecule has 94 valence electrons. The molecule has 0 radical (unpaired) electrons. The van der Waals surface area contributed by atoms with E-state index in [0.29, 0.717) is 12.3 Å².